The number of nitrogens with two attached hydrogens (primary N) is 1. The quantitative estimate of drug-likeness (QED) is 0.506. The van der Waals surface area contributed by atoms with Gasteiger partial charge in [0.25, 0.3) is 0 Å². The molecule has 0 fully saturated rings. The standard InChI is InChI=1S/C10H13NO4/c1-4-6(10(13)14)8(12)9(15-3)5(2)7(4)11/h12H,11H2,1-3H3,(H,13,14). The topological polar surface area (TPSA) is 92.8 Å². The second kappa shape index (κ2) is 3.68. The monoisotopic (exact) mass is 211 g/mol. The van der Waals surface area contributed by atoms with E-state index < -0.39 is 5.97 Å². The predicted molar refractivity (Wildman–Crippen MR) is 55.5 cm³/mol. The van der Waals surface area contributed by atoms with Crippen LogP contribution in [0.3, 0.4) is 0 Å². The molecule has 0 saturated carbocycles. The third-order valence-electron chi connectivity index (χ3n) is 2.39. The number of nitrogen functional groups attached to an aromatic ring is 1. The number of benzene rings is 1. The maximum Gasteiger partial charge on any atom is 0.339 e. The summed E-state index contributed by atoms with van der Waals surface area (Å²) in [7, 11) is 1.35. The highest BCUT2D eigenvalue weighted by Crippen LogP contribution is 2.39. The van der Waals surface area contributed by atoms with Crippen LogP contribution in [0.25, 0.3) is 0 Å². The molecule has 0 unspecified atom stereocenters. The molecule has 5 heteroatoms. The van der Waals surface area contributed by atoms with E-state index in [4.69, 9.17) is 15.6 Å². The molecule has 15 heavy (non-hydrogen) atoms. The summed E-state index contributed by atoms with van der Waals surface area (Å²) in [6.45, 7) is 3.21. The highest BCUT2D eigenvalue weighted by molar-refractivity contribution is 5.96. The second-order valence-corrected chi connectivity index (χ2v) is 3.23. The SMILES string of the molecule is COc1c(C)c(N)c(C)c(C(=O)O)c1O. The molecule has 4 N–H and O–H groups in total. The Hall–Kier alpha value is -1.91. The Morgan fingerprint density at radius 1 is 1.33 bits per heavy atom. The first-order valence-corrected chi connectivity index (χ1v) is 4.30. The Labute approximate surface area is 87.1 Å². The van der Waals surface area contributed by atoms with Crippen LogP contribution >= 0.6 is 0 Å². The lowest BCUT2D eigenvalue weighted by Crippen LogP contribution is -2.07. The van der Waals surface area contributed by atoms with E-state index in [0.29, 0.717) is 16.8 Å². The van der Waals surface area contributed by atoms with Crippen molar-refractivity contribution in [3.05, 3.63) is 16.7 Å². The van der Waals surface area contributed by atoms with E-state index in [1.54, 1.807) is 13.8 Å². The number of aromatic carboxylic acids is 1. The van der Waals surface area contributed by atoms with E-state index in [9.17, 15) is 9.90 Å². The third kappa shape index (κ3) is 1.56. The van der Waals surface area contributed by atoms with Crippen molar-refractivity contribution < 1.29 is 19.7 Å². The summed E-state index contributed by atoms with van der Waals surface area (Å²) < 4.78 is 4.91. The molecule has 0 aliphatic rings. The van der Waals surface area contributed by atoms with E-state index in [2.05, 4.69) is 0 Å². The van der Waals surface area contributed by atoms with Gasteiger partial charge in [-0.25, -0.2) is 4.79 Å². The first-order chi connectivity index (χ1) is 6.91. The van der Waals surface area contributed by atoms with Crippen LogP contribution in [0.5, 0.6) is 11.5 Å². The van der Waals surface area contributed by atoms with E-state index in [1.807, 2.05) is 0 Å². The lowest BCUT2D eigenvalue weighted by molar-refractivity contribution is 0.0692. The summed E-state index contributed by atoms with van der Waals surface area (Å²) in [5.74, 6) is -1.50. The van der Waals surface area contributed by atoms with Crippen molar-refractivity contribution in [2.75, 3.05) is 12.8 Å². The van der Waals surface area contributed by atoms with Crippen LogP contribution in [0, 0.1) is 13.8 Å². The molecule has 5 nitrogen and oxygen atoms in total. The zero-order valence-corrected chi connectivity index (χ0v) is 8.79. The Morgan fingerprint density at radius 3 is 2.27 bits per heavy atom. The zero-order chi connectivity index (χ0) is 11.7. The Kier molecular flexibility index (Phi) is 2.74. The van der Waals surface area contributed by atoms with Crippen molar-refractivity contribution in [2.24, 2.45) is 0 Å². The summed E-state index contributed by atoms with van der Waals surface area (Å²) in [6.07, 6.45) is 0. The molecule has 0 aromatic heterocycles. The summed E-state index contributed by atoms with van der Waals surface area (Å²) >= 11 is 0. The van der Waals surface area contributed by atoms with Crippen LogP contribution < -0.4 is 10.5 Å². The van der Waals surface area contributed by atoms with Crippen molar-refractivity contribution in [3.63, 3.8) is 0 Å². The van der Waals surface area contributed by atoms with Crippen molar-refractivity contribution in [3.8, 4) is 11.5 Å². The highest BCUT2D eigenvalue weighted by atomic mass is 16.5. The number of hydrogen-bond acceptors (Lipinski definition) is 4. The number of methoxy groups -OCH3 is 1. The van der Waals surface area contributed by atoms with Gasteiger partial charge in [-0.05, 0) is 19.4 Å². The molecule has 1 rings (SSSR count). The van der Waals surface area contributed by atoms with Crippen LogP contribution in [-0.4, -0.2) is 23.3 Å². The highest BCUT2D eigenvalue weighted by Gasteiger charge is 2.22. The summed E-state index contributed by atoms with van der Waals surface area (Å²) in [5.41, 5.74) is 6.70. The van der Waals surface area contributed by atoms with E-state index in [0.717, 1.165) is 0 Å². The molecule has 0 saturated heterocycles. The van der Waals surface area contributed by atoms with Gasteiger partial charge in [0, 0.05) is 11.3 Å². The Bertz CT molecular complexity index is 426. The molecule has 82 valence electrons. The molecule has 0 bridgehead atoms. The fourth-order valence-electron chi connectivity index (χ4n) is 1.52. The van der Waals surface area contributed by atoms with Crippen LogP contribution in [0.15, 0.2) is 0 Å². The van der Waals surface area contributed by atoms with Crippen LogP contribution in [0.4, 0.5) is 5.69 Å². The van der Waals surface area contributed by atoms with Gasteiger partial charge in [0.05, 0.1) is 7.11 Å². The van der Waals surface area contributed by atoms with Crippen LogP contribution in [-0.2, 0) is 0 Å². The molecule has 0 spiro atoms. The number of hydrogen-bond donors (Lipinski definition) is 3. The third-order valence-corrected chi connectivity index (χ3v) is 2.39. The van der Waals surface area contributed by atoms with Gasteiger partial charge < -0.3 is 20.7 Å². The number of phenols is 1. The summed E-state index contributed by atoms with van der Waals surface area (Å²) in [6, 6.07) is 0. The van der Waals surface area contributed by atoms with Crippen molar-refractivity contribution in [1.29, 1.82) is 0 Å². The molecule has 0 amide bonds. The number of ether oxygens (including phenoxy) is 1. The zero-order valence-electron chi connectivity index (χ0n) is 8.79. The van der Waals surface area contributed by atoms with Crippen molar-refractivity contribution >= 4 is 11.7 Å². The van der Waals surface area contributed by atoms with E-state index in [1.165, 1.54) is 7.11 Å². The van der Waals surface area contributed by atoms with Gasteiger partial charge in [-0.1, -0.05) is 0 Å². The lowest BCUT2D eigenvalue weighted by atomic mass is 10.0. The molecule has 0 aliphatic heterocycles. The van der Waals surface area contributed by atoms with E-state index >= 15 is 0 Å². The average Bonchev–Trinajstić information content (AvgIpc) is 2.15. The minimum absolute atomic E-state index is 0.107. The lowest BCUT2D eigenvalue weighted by Gasteiger charge is -2.15. The maximum atomic E-state index is 10.9. The van der Waals surface area contributed by atoms with Gasteiger partial charge in [-0.15, -0.1) is 0 Å². The largest absolute Gasteiger partial charge is 0.504 e. The predicted octanol–water partition coefficient (Wildman–Crippen LogP) is 1.30. The van der Waals surface area contributed by atoms with Crippen molar-refractivity contribution in [2.45, 2.75) is 13.8 Å². The molecular weight excluding hydrogens is 198 g/mol. The van der Waals surface area contributed by atoms with Gasteiger partial charge in [-0.2, -0.15) is 0 Å². The molecule has 1 aromatic carbocycles. The number of aromatic hydroxyl groups is 1. The molecule has 0 atom stereocenters. The van der Waals surface area contributed by atoms with Gasteiger partial charge in [0.2, 0.25) is 0 Å². The number of rotatable bonds is 2. The number of anilines is 1. The molecule has 0 aliphatic carbocycles. The Balaban J connectivity index is 3.68. The Morgan fingerprint density at radius 2 is 1.87 bits per heavy atom. The first kappa shape index (κ1) is 11.2. The van der Waals surface area contributed by atoms with Gasteiger partial charge in [0.1, 0.15) is 5.56 Å². The van der Waals surface area contributed by atoms with Crippen LogP contribution in [0.1, 0.15) is 21.5 Å². The molecular formula is C10H13NO4. The fraction of sp³-hybridized carbons (Fsp3) is 0.300. The number of carbonyl (C=O) groups is 1. The van der Waals surface area contributed by atoms with Crippen LogP contribution in [0.2, 0.25) is 0 Å². The average molecular weight is 211 g/mol. The summed E-state index contributed by atoms with van der Waals surface area (Å²) in [4.78, 5) is 10.9. The molecule has 0 radical (unpaired) electrons. The van der Waals surface area contributed by atoms with E-state index in [-0.39, 0.29) is 17.1 Å². The molecule has 0 heterocycles. The molecule has 1 aromatic rings. The van der Waals surface area contributed by atoms with Gasteiger partial charge in [0.15, 0.2) is 11.5 Å². The number of carboxylic acid groups (broad SMARTS) is 1. The minimum Gasteiger partial charge on any atom is -0.504 e. The second-order valence-electron chi connectivity index (χ2n) is 3.23. The summed E-state index contributed by atoms with van der Waals surface area (Å²) in [5, 5.41) is 18.6. The minimum atomic E-state index is -1.23. The first-order valence-electron chi connectivity index (χ1n) is 4.30. The van der Waals surface area contributed by atoms with Gasteiger partial charge >= 0.3 is 5.97 Å². The van der Waals surface area contributed by atoms with Gasteiger partial charge in [-0.3, -0.25) is 0 Å². The number of carboxylic acids is 1. The fourth-order valence-corrected chi connectivity index (χ4v) is 1.52. The smallest absolute Gasteiger partial charge is 0.339 e. The van der Waals surface area contributed by atoms with Crippen molar-refractivity contribution in [1.82, 2.24) is 0 Å². The maximum absolute atomic E-state index is 10.9. The normalized spacial score (nSPS) is 10.1.